The number of amides is 3. The molecule has 1 atom stereocenters. The zero-order valence-corrected chi connectivity index (χ0v) is 14.8. The number of urea groups is 1. The van der Waals surface area contributed by atoms with E-state index in [4.69, 9.17) is 16.3 Å². The van der Waals surface area contributed by atoms with E-state index < -0.39 is 0 Å². The van der Waals surface area contributed by atoms with Crippen molar-refractivity contribution in [3.05, 3.63) is 35.4 Å². The van der Waals surface area contributed by atoms with Crippen LogP contribution in [-0.4, -0.2) is 28.1 Å². The van der Waals surface area contributed by atoms with Crippen LogP contribution in [0.5, 0.6) is 5.75 Å². The van der Waals surface area contributed by atoms with Crippen molar-refractivity contribution in [1.29, 1.82) is 0 Å². The number of ether oxygens (including phenoxy) is 1. The summed E-state index contributed by atoms with van der Waals surface area (Å²) in [5.41, 5.74) is 0.901. The number of hydrogen-bond donors (Lipinski definition) is 3. The largest absolute Gasteiger partial charge is 0.480 e. The number of halogens is 1. The van der Waals surface area contributed by atoms with Gasteiger partial charge in [-0.3, -0.25) is 4.79 Å². The standard InChI is InChI=1S/C17H18ClN5O3/c1-23-5-4-19-16(23)14(9-2-3-9)22-17(25)20-10-6-11(18)15-12(7-10)21-13(24)8-26-15/h4-7,9,14H,2-3,8H2,1H3,(H,21,24)(H2,20,22,25). The second-order valence-electron chi connectivity index (χ2n) is 6.48. The van der Waals surface area contributed by atoms with Gasteiger partial charge in [0.05, 0.1) is 16.8 Å². The van der Waals surface area contributed by atoms with E-state index in [0.29, 0.717) is 28.1 Å². The SMILES string of the molecule is Cn1ccnc1C(NC(=O)Nc1cc(Cl)c2c(c1)NC(=O)CO2)C1CC1. The fourth-order valence-electron chi connectivity index (χ4n) is 3.04. The Bertz CT molecular complexity index is 877. The summed E-state index contributed by atoms with van der Waals surface area (Å²) < 4.78 is 7.22. The van der Waals surface area contributed by atoms with Gasteiger partial charge >= 0.3 is 6.03 Å². The molecule has 1 saturated carbocycles. The third-order valence-corrected chi connectivity index (χ3v) is 4.72. The second-order valence-corrected chi connectivity index (χ2v) is 6.89. The number of carbonyl (C=O) groups excluding carboxylic acids is 2. The van der Waals surface area contributed by atoms with Crippen LogP contribution < -0.4 is 20.7 Å². The molecule has 2 aliphatic rings. The van der Waals surface area contributed by atoms with E-state index in [9.17, 15) is 9.59 Å². The number of benzene rings is 1. The van der Waals surface area contributed by atoms with E-state index in [1.54, 1.807) is 18.3 Å². The average molecular weight is 376 g/mol. The summed E-state index contributed by atoms with van der Waals surface area (Å²) in [4.78, 5) is 28.3. The molecular weight excluding hydrogens is 358 g/mol. The predicted molar refractivity (Wildman–Crippen MR) is 96.4 cm³/mol. The zero-order chi connectivity index (χ0) is 18.3. The minimum absolute atomic E-state index is 0.0767. The van der Waals surface area contributed by atoms with Gasteiger partial charge in [-0.05, 0) is 30.9 Å². The van der Waals surface area contributed by atoms with E-state index >= 15 is 0 Å². The van der Waals surface area contributed by atoms with Crippen molar-refractivity contribution in [2.24, 2.45) is 13.0 Å². The zero-order valence-electron chi connectivity index (χ0n) is 14.1. The number of hydrogen-bond acceptors (Lipinski definition) is 4. The number of aryl methyl sites for hydroxylation is 1. The Balaban J connectivity index is 1.49. The molecule has 136 valence electrons. The van der Waals surface area contributed by atoms with Crippen LogP contribution in [0, 0.1) is 5.92 Å². The molecule has 4 rings (SSSR count). The normalized spacial score (nSPS) is 16.9. The monoisotopic (exact) mass is 375 g/mol. The summed E-state index contributed by atoms with van der Waals surface area (Å²) in [6.07, 6.45) is 5.70. The minimum Gasteiger partial charge on any atom is -0.480 e. The fourth-order valence-corrected chi connectivity index (χ4v) is 3.31. The maximum atomic E-state index is 12.5. The topological polar surface area (TPSA) is 97.3 Å². The minimum atomic E-state index is -0.357. The molecule has 1 aliphatic carbocycles. The van der Waals surface area contributed by atoms with Crippen LogP contribution >= 0.6 is 11.6 Å². The van der Waals surface area contributed by atoms with Gasteiger partial charge in [-0.1, -0.05) is 11.6 Å². The van der Waals surface area contributed by atoms with Crippen molar-refractivity contribution in [1.82, 2.24) is 14.9 Å². The van der Waals surface area contributed by atoms with Gasteiger partial charge in [-0.2, -0.15) is 0 Å². The van der Waals surface area contributed by atoms with Gasteiger partial charge in [0, 0.05) is 25.1 Å². The highest BCUT2D eigenvalue weighted by molar-refractivity contribution is 6.33. The highest BCUT2D eigenvalue weighted by Crippen LogP contribution is 2.41. The lowest BCUT2D eigenvalue weighted by molar-refractivity contribution is -0.118. The maximum absolute atomic E-state index is 12.5. The van der Waals surface area contributed by atoms with E-state index in [1.165, 1.54) is 0 Å². The Morgan fingerprint density at radius 2 is 2.27 bits per heavy atom. The number of aromatic nitrogens is 2. The van der Waals surface area contributed by atoms with Crippen molar-refractivity contribution in [3.63, 3.8) is 0 Å². The number of carbonyl (C=O) groups is 2. The molecule has 1 unspecified atom stereocenters. The molecule has 0 radical (unpaired) electrons. The molecule has 0 spiro atoms. The summed E-state index contributed by atoms with van der Waals surface area (Å²) in [6.45, 7) is -0.0767. The Morgan fingerprint density at radius 1 is 1.46 bits per heavy atom. The van der Waals surface area contributed by atoms with Crippen LogP contribution in [0.2, 0.25) is 5.02 Å². The smallest absolute Gasteiger partial charge is 0.319 e. The van der Waals surface area contributed by atoms with Gasteiger partial charge in [0.1, 0.15) is 5.82 Å². The molecule has 2 aromatic rings. The van der Waals surface area contributed by atoms with E-state index in [-0.39, 0.29) is 24.6 Å². The number of imidazole rings is 1. The first-order valence-corrected chi connectivity index (χ1v) is 8.70. The second kappa shape index (κ2) is 6.53. The van der Waals surface area contributed by atoms with Crippen LogP contribution in [0.25, 0.3) is 0 Å². The average Bonchev–Trinajstić information content (AvgIpc) is 3.34. The fraction of sp³-hybridized carbons (Fsp3) is 0.353. The van der Waals surface area contributed by atoms with Gasteiger partial charge in [-0.15, -0.1) is 0 Å². The molecule has 26 heavy (non-hydrogen) atoms. The van der Waals surface area contributed by atoms with Crippen molar-refractivity contribution in [2.75, 3.05) is 17.2 Å². The summed E-state index contributed by atoms with van der Waals surface area (Å²) >= 11 is 6.19. The Hall–Kier alpha value is -2.74. The lowest BCUT2D eigenvalue weighted by Crippen LogP contribution is -2.35. The molecule has 8 nitrogen and oxygen atoms in total. The first-order chi connectivity index (χ1) is 12.5. The molecular formula is C17H18ClN5O3. The summed E-state index contributed by atoms with van der Waals surface area (Å²) in [7, 11) is 1.91. The summed E-state index contributed by atoms with van der Waals surface area (Å²) in [5, 5.41) is 8.75. The van der Waals surface area contributed by atoms with Crippen LogP contribution in [0.3, 0.4) is 0 Å². The lowest BCUT2D eigenvalue weighted by Gasteiger charge is -2.21. The molecule has 2 heterocycles. The molecule has 1 aliphatic heterocycles. The molecule has 1 aromatic heterocycles. The molecule has 3 amide bonds. The molecule has 0 saturated heterocycles. The number of nitrogens with zero attached hydrogens (tertiary/aromatic N) is 2. The number of nitrogens with one attached hydrogen (secondary N) is 3. The van der Waals surface area contributed by atoms with Crippen LogP contribution in [0.1, 0.15) is 24.7 Å². The summed E-state index contributed by atoms with van der Waals surface area (Å²) in [6, 6.07) is 2.70. The third-order valence-electron chi connectivity index (χ3n) is 4.44. The lowest BCUT2D eigenvalue weighted by atomic mass is 10.1. The van der Waals surface area contributed by atoms with E-state index in [0.717, 1.165) is 18.7 Å². The van der Waals surface area contributed by atoms with E-state index in [1.807, 2.05) is 17.8 Å². The Kier molecular flexibility index (Phi) is 4.20. The van der Waals surface area contributed by atoms with E-state index in [2.05, 4.69) is 20.9 Å². The van der Waals surface area contributed by atoms with Crippen molar-refractivity contribution >= 4 is 34.9 Å². The van der Waals surface area contributed by atoms with Gasteiger partial charge in [0.2, 0.25) is 0 Å². The molecule has 0 bridgehead atoms. The van der Waals surface area contributed by atoms with Gasteiger partial charge in [0.25, 0.3) is 5.91 Å². The van der Waals surface area contributed by atoms with Gasteiger partial charge in [0.15, 0.2) is 12.4 Å². The van der Waals surface area contributed by atoms with Gasteiger partial charge < -0.3 is 25.3 Å². The highest BCUT2D eigenvalue weighted by atomic mass is 35.5. The van der Waals surface area contributed by atoms with Crippen LogP contribution in [0.15, 0.2) is 24.5 Å². The van der Waals surface area contributed by atoms with Crippen LogP contribution in [-0.2, 0) is 11.8 Å². The molecule has 1 aromatic carbocycles. The third kappa shape index (κ3) is 3.32. The number of anilines is 2. The first kappa shape index (κ1) is 16.7. The summed E-state index contributed by atoms with van der Waals surface area (Å²) in [5.74, 6) is 1.35. The predicted octanol–water partition coefficient (Wildman–Crippen LogP) is 2.68. The molecule has 3 N–H and O–H groups in total. The van der Waals surface area contributed by atoms with Crippen LogP contribution in [0.4, 0.5) is 16.2 Å². The molecule has 1 fully saturated rings. The molecule has 9 heteroatoms. The first-order valence-electron chi connectivity index (χ1n) is 8.32. The highest BCUT2D eigenvalue weighted by Gasteiger charge is 2.35. The van der Waals surface area contributed by atoms with Crippen molar-refractivity contribution < 1.29 is 14.3 Å². The Morgan fingerprint density at radius 3 is 2.96 bits per heavy atom. The van der Waals surface area contributed by atoms with Gasteiger partial charge in [-0.25, -0.2) is 9.78 Å². The quantitative estimate of drug-likeness (QED) is 0.765. The number of rotatable bonds is 4. The number of fused-ring (bicyclic) bond motifs is 1. The Labute approximate surface area is 154 Å². The maximum Gasteiger partial charge on any atom is 0.319 e. The van der Waals surface area contributed by atoms with Crippen molar-refractivity contribution in [3.8, 4) is 5.75 Å². The van der Waals surface area contributed by atoms with Crippen molar-refractivity contribution in [2.45, 2.75) is 18.9 Å².